The highest BCUT2D eigenvalue weighted by Gasteiger charge is 2.49. The van der Waals surface area contributed by atoms with Crippen molar-refractivity contribution in [3.05, 3.63) is 83.1 Å². The van der Waals surface area contributed by atoms with E-state index in [1.165, 1.54) is 67.6 Å². The second kappa shape index (κ2) is 18.2. The van der Waals surface area contributed by atoms with E-state index in [1.54, 1.807) is 0 Å². The molecule has 4 aliphatic rings. The molecular formula is C40H47O21+. The second-order valence-corrected chi connectivity index (χ2v) is 15.0. The van der Waals surface area contributed by atoms with Gasteiger partial charge in [-0.1, -0.05) is 0 Å². The first-order chi connectivity index (χ1) is 29.0. The van der Waals surface area contributed by atoms with Crippen LogP contribution in [0.1, 0.15) is 34.5 Å². The van der Waals surface area contributed by atoms with Gasteiger partial charge < -0.3 is 99.2 Å². The number of aromatic hydroxyl groups is 4. The molecule has 0 aromatic heterocycles. The molecule has 7 rings (SSSR count). The van der Waals surface area contributed by atoms with Gasteiger partial charge in [0.25, 0.3) is 11.9 Å². The lowest BCUT2D eigenvalue weighted by molar-refractivity contribution is -0.325. The van der Waals surface area contributed by atoms with Gasteiger partial charge in [0, 0.05) is 12.1 Å². The molecule has 4 heterocycles. The van der Waals surface area contributed by atoms with E-state index < -0.39 is 123 Å². The van der Waals surface area contributed by atoms with Gasteiger partial charge in [-0.05, 0) is 55.5 Å². The monoisotopic (exact) mass is 863 g/mol. The summed E-state index contributed by atoms with van der Waals surface area (Å²) in [5.74, 6) is -1.55. The number of phenols is 3. The highest BCUT2D eigenvalue weighted by molar-refractivity contribution is 5.89. The van der Waals surface area contributed by atoms with Crippen LogP contribution in [-0.2, 0) is 28.4 Å². The molecule has 0 aliphatic carbocycles. The van der Waals surface area contributed by atoms with E-state index in [0.717, 1.165) is 6.07 Å². The number of esters is 1. The van der Waals surface area contributed by atoms with E-state index >= 15 is 0 Å². The highest BCUT2D eigenvalue weighted by atomic mass is 16.7. The SMILES string of the molecule is CC1OC(OCC2OC(OC3=Cc4c(O)cc(OC5OC(COC(=O)c6ccc(O)cc6)C(O)C(O)C5O)cc4[OH+]C3c3ccc(O)cc3)C(O)C(O)C2O)C(O)C(O)C1O. The van der Waals surface area contributed by atoms with Crippen molar-refractivity contribution in [2.75, 3.05) is 13.2 Å². The van der Waals surface area contributed by atoms with E-state index in [9.17, 15) is 66.1 Å². The Morgan fingerprint density at radius 1 is 0.623 bits per heavy atom. The number of fused-ring (bicyclic) bond motifs is 1. The third kappa shape index (κ3) is 9.34. The molecule has 21 nitrogen and oxygen atoms in total. The van der Waals surface area contributed by atoms with Crippen molar-refractivity contribution in [1.82, 2.24) is 0 Å². The van der Waals surface area contributed by atoms with Crippen LogP contribution < -0.4 is 4.74 Å². The number of benzene rings is 3. The lowest BCUT2D eigenvalue weighted by Gasteiger charge is -2.42. The minimum Gasteiger partial charge on any atom is -0.571 e. The first kappa shape index (κ1) is 44.2. The van der Waals surface area contributed by atoms with E-state index in [4.69, 9.17) is 37.9 Å². The van der Waals surface area contributed by atoms with Crippen molar-refractivity contribution in [3.8, 4) is 28.7 Å². The number of carbonyl (C=O) groups excluding carboxylic acids is 1. The van der Waals surface area contributed by atoms with Crippen LogP contribution in [0.5, 0.6) is 28.7 Å². The van der Waals surface area contributed by atoms with Crippen LogP contribution in [0, 0.1) is 0 Å². The average molecular weight is 864 g/mol. The zero-order valence-corrected chi connectivity index (χ0v) is 32.1. The summed E-state index contributed by atoms with van der Waals surface area (Å²) in [7, 11) is 0. The Morgan fingerprint density at radius 2 is 1.16 bits per heavy atom. The van der Waals surface area contributed by atoms with Gasteiger partial charge >= 0.3 is 5.97 Å². The summed E-state index contributed by atoms with van der Waals surface area (Å²) in [6.45, 7) is 0.309. The molecule has 16 atom stereocenters. The standard InChI is InChI=1S/C40H46O21/c1-15-27(44)30(47)33(50)38(56-15)55-14-26-29(46)32(49)35(52)40(61-26)59-24-12-21-22(43)10-20(11-23(21)58-36(24)16-2-6-18(41)7-3-16)57-39-34(51)31(48)28(45)25(60-39)13-54-37(53)17-4-8-19(42)9-5-17/h2-12,15,25-36,38-52H,13-14H2,1H3/p+1. The number of aliphatic hydroxyl groups is 10. The maximum atomic E-state index is 12.5. The Kier molecular flexibility index (Phi) is 13.2. The number of hydrogen-bond donors (Lipinski definition) is 12. The van der Waals surface area contributed by atoms with Gasteiger partial charge in [0.2, 0.25) is 12.6 Å². The maximum Gasteiger partial charge on any atom is 0.338 e. The Morgan fingerprint density at radius 3 is 1.79 bits per heavy atom. The number of rotatable bonds is 11. The van der Waals surface area contributed by atoms with Gasteiger partial charge in [-0.3, -0.25) is 0 Å². The Bertz CT molecular complexity index is 2010. The predicted molar refractivity (Wildman–Crippen MR) is 200 cm³/mol. The zero-order chi connectivity index (χ0) is 43.9. The van der Waals surface area contributed by atoms with E-state index in [-0.39, 0.29) is 39.9 Å². The lowest BCUT2D eigenvalue weighted by Crippen LogP contribution is -2.61. The number of carbonyl (C=O) groups is 1. The summed E-state index contributed by atoms with van der Waals surface area (Å²) in [5.41, 5.74) is 0.552. The van der Waals surface area contributed by atoms with Crippen LogP contribution in [0.4, 0.5) is 0 Å². The van der Waals surface area contributed by atoms with Gasteiger partial charge in [-0.15, -0.1) is 0 Å². The summed E-state index contributed by atoms with van der Waals surface area (Å²) < 4.78 is 44.4. The fourth-order valence-corrected chi connectivity index (χ4v) is 7.09. The maximum absolute atomic E-state index is 12.5. The number of aliphatic hydroxyl groups excluding tert-OH is 9. The van der Waals surface area contributed by atoms with Gasteiger partial charge in [0.1, 0.15) is 102 Å². The zero-order valence-electron chi connectivity index (χ0n) is 32.1. The first-order valence-electron chi connectivity index (χ1n) is 19.1. The molecule has 3 fully saturated rings. The summed E-state index contributed by atoms with van der Waals surface area (Å²) in [6, 6.07) is 13.4. The van der Waals surface area contributed by atoms with Gasteiger partial charge in [-0.2, -0.15) is 0 Å². The van der Waals surface area contributed by atoms with E-state index in [2.05, 4.69) is 0 Å². The summed E-state index contributed by atoms with van der Waals surface area (Å²) in [6.07, 6.45) is -23.8. The third-order valence-corrected chi connectivity index (χ3v) is 10.7. The molecule has 61 heavy (non-hydrogen) atoms. The normalized spacial score (nSPS) is 36.2. The molecule has 4 aliphatic heterocycles. The predicted octanol–water partition coefficient (Wildman–Crippen LogP) is -2.15. The average Bonchev–Trinajstić information content (AvgIpc) is 3.24. The Labute approximate surface area is 345 Å². The molecule has 0 saturated carbocycles. The second-order valence-electron chi connectivity index (χ2n) is 15.0. The minimum absolute atomic E-state index is 0.0562. The van der Waals surface area contributed by atoms with Gasteiger partial charge in [0.15, 0.2) is 12.0 Å². The molecule has 0 radical (unpaired) electrons. The quantitative estimate of drug-likeness (QED) is 0.0722. The van der Waals surface area contributed by atoms with Gasteiger partial charge in [0.05, 0.1) is 29.9 Å². The largest absolute Gasteiger partial charge is 0.571 e. The summed E-state index contributed by atoms with van der Waals surface area (Å²) >= 11 is 0. The molecule has 332 valence electrons. The molecule has 0 spiro atoms. The van der Waals surface area contributed by atoms with Crippen molar-refractivity contribution in [3.63, 3.8) is 0 Å². The number of ether oxygens (including phenoxy) is 8. The van der Waals surface area contributed by atoms with Crippen molar-refractivity contribution < 1.29 is 104 Å². The van der Waals surface area contributed by atoms with Crippen LogP contribution in [0.25, 0.3) is 6.08 Å². The minimum atomic E-state index is -1.86. The van der Waals surface area contributed by atoms with E-state index in [0.29, 0.717) is 5.56 Å². The van der Waals surface area contributed by atoms with Crippen molar-refractivity contribution in [1.29, 1.82) is 0 Å². The summed E-state index contributed by atoms with van der Waals surface area (Å²) in [5, 5.41) is 126. The van der Waals surface area contributed by atoms with Crippen molar-refractivity contribution >= 4 is 12.0 Å². The topological polar surface area (TPSA) is 337 Å². The van der Waals surface area contributed by atoms with E-state index in [1.807, 2.05) is 0 Å². The fourth-order valence-electron chi connectivity index (χ4n) is 7.09. The van der Waals surface area contributed by atoms with Crippen LogP contribution in [0.3, 0.4) is 0 Å². The van der Waals surface area contributed by atoms with Crippen LogP contribution >= 0.6 is 0 Å². The molecule has 0 amide bonds. The molecule has 3 saturated heterocycles. The number of hydrogen-bond acceptors (Lipinski definition) is 20. The Balaban J connectivity index is 1.09. The molecule has 13 N–H and O–H groups in total. The molecule has 16 unspecified atom stereocenters. The molecule has 21 heteroatoms. The van der Waals surface area contributed by atoms with Gasteiger partial charge in [-0.25, -0.2) is 4.79 Å². The highest BCUT2D eigenvalue weighted by Crippen LogP contribution is 2.46. The van der Waals surface area contributed by atoms with Crippen LogP contribution in [0.15, 0.2) is 66.4 Å². The lowest BCUT2D eigenvalue weighted by atomic mass is 9.98. The van der Waals surface area contributed by atoms with Crippen molar-refractivity contribution in [2.24, 2.45) is 0 Å². The smallest absolute Gasteiger partial charge is 0.338 e. The van der Waals surface area contributed by atoms with Crippen molar-refractivity contribution in [2.45, 2.75) is 105 Å². The molecule has 3 aromatic carbocycles. The molecular weight excluding hydrogens is 816 g/mol. The first-order valence-corrected chi connectivity index (χ1v) is 19.1. The summed E-state index contributed by atoms with van der Waals surface area (Å²) in [4.78, 5) is 12.5. The fraction of sp³-hybridized carbons (Fsp3) is 0.475. The Hall–Kier alpha value is -4.85. The van der Waals surface area contributed by atoms with Crippen LogP contribution in [-0.4, -0.2) is 177 Å². The third-order valence-electron chi connectivity index (χ3n) is 10.7. The molecule has 3 aromatic rings. The molecule has 0 bridgehead atoms. The number of phenolic OH excluding ortho intramolecular Hbond substituents is 3. The van der Waals surface area contributed by atoms with Crippen LogP contribution in [0.2, 0.25) is 0 Å².